The Balaban J connectivity index is 1.40. The number of aromatic nitrogens is 3. The molecule has 31 heavy (non-hydrogen) atoms. The molecule has 0 amide bonds. The van der Waals surface area contributed by atoms with Crippen molar-refractivity contribution in [1.29, 1.82) is 0 Å². The van der Waals surface area contributed by atoms with E-state index in [0.717, 1.165) is 31.4 Å². The van der Waals surface area contributed by atoms with Crippen molar-refractivity contribution >= 4 is 11.6 Å². The van der Waals surface area contributed by atoms with Gasteiger partial charge in [-0.05, 0) is 55.8 Å². The number of ether oxygens (including phenoxy) is 1. The molecule has 0 unspecified atom stereocenters. The third kappa shape index (κ3) is 5.46. The van der Waals surface area contributed by atoms with Gasteiger partial charge in [-0.25, -0.2) is 5.84 Å². The van der Waals surface area contributed by atoms with Crippen LogP contribution in [0.25, 0.3) is 5.70 Å². The molecule has 4 rings (SSSR count). The van der Waals surface area contributed by atoms with E-state index in [1.807, 2.05) is 12.1 Å². The van der Waals surface area contributed by atoms with Crippen molar-refractivity contribution in [3.8, 4) is 5.75 Å². The van der Waals surface area contributed by atoms with Crippen LogP contribution < -0.4 is 21.6 Å². The van der Waals surface area contributed by atoms with Crippen molar-refractivity contribution in [2.75, 3.05) is 18.9 Å². The summed E-state index contributed by atoms with van der Waals surface area (Å²) < 4.78 is 11.5. The second kappa shape index (κ2) is 10.00. The molecule has 0 saturated heterocycles. The van der Waals surface area contributed by atoms with E-state index in [9.17, 15) is 0 Å². The molecule has 2 fully saturated rings. The van der Waals surface area contributed by atoms with E-state index in [0.29, 0.717) is 41.4 Å². The molecule has 0 bridgehead atoms. The number of hydrogen-bond acceptors (Lipinski definition) is 9. The van der Waals surface area contributed by atoms with Gasteiger partial charge in [-0.3, -0.25) is 4.98 Å². The Bertz CT molecular complexity index is 866. The van der Waals surface area contributed by atoms with E-state index in [1.165, 1.54) is 37.1 Å². The molecular formula is C22H33N7O2. The maximum absolute atomic E-state index is 6.39. The summed E-state index contributed by atoms with van der Waals surface area (Å²) in [6, 6.07) is 3.78. The van der Waals surface area contributed by atoms with Gasteiger partial charge in [0.25, 0.3) is 5.95 Å². The van der Waals surface area contributed by atoms with E-state index in [-0.39, 0.29) is 6.10 Å². The fourth-order valence-electron chi connectivity index (χ4n) is 4.35. The number of anilines is 1. The van der Waals surface area contributed by atoms with Gasteiger partial charge in [-0.2, -0.15) is 4.98 Å². The standard InChI is InChI=1S/C22H33N7O2/c1-29(24)19(14-26-22-27-21(31-28-22)15-7-5-6-8-15)20(23)18-12-11-17(13-25-18)30-16-9-3-2-4-10-16/h11-13,15-16H,2-10,14,23-24H2,1H3,(H,26,28)/b20-19-. The summed E-state index contributed by atoms with van der Waals surface area (Å²) in [5.74, 6) is 8.33. The molecule has 9 nitrogen and oxygen atoms in total. The average molecular weight is 428 g/mol. The van der Waals surface area contributed by atoms with Gasteiger partial charge in [-0.1, -0.05) is 19.3 Å². The molecule has 5 N–H and O–H groups in total. The van der Waals surface area contributed by atoms with Gasteiger partial charge < -0.3 is 25.3 Å². The maximum Gasteiger partial charge on any atom is 0.263 e. The zero-order valence-electron chi connectivity index (χ0n) is 18.2. The van der Waals surface area contributed by atoms with Crippen LogP contribution in [0.2, 0.25) is 0 Å². The van der Waals surface area contributed by atoms with Crippen molar-refractivity contribution in [2.24, 2.45) is 11.6 Å². The Morgan fingerprint density at radius 2 is 1.90 bits per heavy atom. The molecule has 2 heterocycles. The van der Waals surface area contributed by atoms with Crippen LogP contribution in [0.15, 0.2) is 28.5 Å². The number of nitrogens with zero attached hydrogens (tertiary/aromatic N) is 4. The summed E-state index contributed by atoms with van der Waals surface area (Å²) in [5, 5.41) is 8.68. The summed E-state index contributed by atoms with van der Waals surface area (Å²) in [7, 11) is 1.74. The van der Waals surface area contributed by atoms with Gasteiger partial charge in [0.1, 0.15) is 5.75 Å². The molecule has 2 saturated carbocycles. The summed E-state index contributed by atoms with van der Waals surface area (Å²) >= 11 is 0. The van der Waals surface area contributed by atoms with Crippen LogP contribution in [0.4, 0.5) is 5.95 Å². The lowest BCUT2D eigenvalue weighted by Crippen LogP contribution is -2.32. The normalized spacial score (nSPS) is 18.6. The highest BCUT2D eigenvalue weighted by atomic mass is 16.5. The average Bonchev–Trinajstić information content (AvgIpc) is 3.47. The zero-order chi connectivity index (χ0) is 21.6. The van der Waals surface area contributed by atoms with Crippen LogP contribution in [0, 0.1) is 0 Å². The van der Waals surface area contributed by atoms with Crippen molar-refractivity contribution in [3.05, 3.63) is 35.6 Å². The van der Waals surface area contributed by atoms with Crippen molar-refractivity contribution in [1.82, 2.24) is 20.1 Å². The lowest BCUT2D eigenvalue weighted by molar-refractivity contribution is 0.154. The van der Waals surface area contributed by atoms with E-state index >= 15 is 0 Å². The van der Waals surface area contributed by atoms with Crippen molar-refractivity contribution in [2.45, 2.75) is 69.8 Å². The van der Waals surface area contributed by atoms with Crippen LogP contribution in [-0.4, -0.2) is 39.8 Å². The summed E-state index contributed by atoms with van der Waals surface area (Å²) in [4.78, 5) is 8.97. The topological polar surface area (TPSA) is 128 Å². The summed E-state index contributed by atoms with van der Waals surface area (Å²) in [5.41, 5.74) is 8.21. The number of hydrazine groups is 1. The molecule has 0 radical (unpaired) electrons. The maximum atomic E-state index is 6.39. The molecule has 0 spiro atoms. The first-order chi connectivity index (χ1) is 15.1. The molecule has 168 valence electrons. The van der Waals surface area contributed by atoms with Gasteiger partial charge >= 0.3 is 0 Å². The molecule has 2 aromatic rings. The predicted octanol–water partition coefficient (Wildman–Crippen LogP) is 3.38. The molecule has 2 aromatic heterocycles. The molecule has 0 aliphatic heterocycles. The highest BCUT2D eigenvalue weighted by Crippen LogP contribution is 2.33. The predicted molar refractivity (Wildman–Crippen MR) is 119 cm³/mol. The Labute approximate surface area is 183 Å². The smallest absolute Gasteiger partial charge is 0.263 e. The number of pyridine rings is 1. The van der Waals surface area contributed by atoms with Gasteiger partial charge in [0, 0.05) is 13.0 Å². The SMILES string of the molecule is CN(N)/C(CNc1noc(C2CCCC2)n1)=C(\N)c1ccc(OC2CCCCC2)cn1. The molecule has 2 aliphatic rings. The fraction of sp³-hybridized carbons (Fsp3) is 0.591. The molecule has 0 aromatic carbocycles. The summed E-state index contributed by atoms with van der Waals surface area (Å²) in [6.45, 7) is 0.352. The van der Waals surface area contributed by atoms with E-state index in [1.54, 1.807) is 13.2 Å². The lowest BCUT2D eigenvalue weighted by atomic mass is 9.98. The first kappa shape index (κ1) is 21.4. The number of hydrogen-bond donors (Lipinski definition) is 3. The number of nitrogens with two attached hydrogens (primary N) is 2. The Hall–Kier alpha value is -2.81. The van der Waals surface area contributed by atoms with E-state index in [4.69, 9.17) is 20.8 Å². The van der Waals surface area contributed by atoms with Gasteiger partial charge in [0.2, 0.25) is 5.89 Å². The Morgan fingerprint density at radius 3 is 2.58 bits per heavy atom. The number of rotatable bonds is 8. The zero-order valence-corrected chi connectivity index (χ0v) is 18.2. The molecular weight excluding hydrogens is 394 g/mol. The minimum absolute atomic E-state index is 0.285. The van der Waals surface area contributed by atoms with Crippen molar-refractivity contribution < 1.29 is 9.26 Å². The van der Waals surface area contributed by atoms with Crippen LogP contribution in [-0.2, 0) is 0 Å². The quantitative estimate of drug-likeness (QED) is 0.429. The van der Waals surface area contributed by atoms with E-state index in [2.05, 4.69) is 20.4 Å². The third-order valence-electron chi connectivity index (χ3n) is 6.16. The number of likely N-dealkylation sites (N-methyl/N-ethyl adjacent to an activating group) is 1. The number of nitrogens with one attached hydrogen (secondary N) is 1. The van der Waals surface area contributed by atoms with Crippen molar-refractivity contribution in [3.63, 3.8) is 0 Å². The van der Waals surface area contributed by atoms with Gasteiger partial charge in [0.15, 0.2) is 0 Å². The first-order valence-electron chi connectivity index (χ1n) is 11.3. The summed E-state index contributed by atoms with van der Waals surface area (Å²) in [6.07, 6.45) is 12.6. The van der Waals surface area contributed by atoms with Crippen LogP contribution in [0.1, 0.15) is 75.3 Å². The Morgan fingerprint density at radius 1 is 1.16 bits per heavy atom. The highest BCUT2D eigenvalue weighted by molar-refractivity contribution is 5.63. The van der Waals surface area contributed by atoms with Gasteiger partial charge in [0.05, 0.1) is 35.9 Å². The van der Waals surface area contributed by atoms with Crippen LogP contribution in [0.5, 0.6) is 5.75 Å². The van der Waals surface area contributed by atoms with Crippen LogP contribution in [0.3, 0.4) is 0 Å². The van der Waals surface area contributed by atoms with Crippen LogP contribution >= 0.6 is 0 Å². The molecule has 0 atom stereocenters. The minimum Gasteiger partial charge on any atom is -0.489 e. The third-order valence-corrected chi connectivity index (χ3v) is 6.16. The second-order valence-corrected chi connectivity index (χ2v) is 8.52. The minimum atomic E-state index is 0.285. The first-order valence-corrected chi connectivity index (χ1v) is 11.3. The monoisotopic (exact) mass is 427 g/mol. The largest absolute Gasteiger partial charge is 0.489 e. The lowest BCUT2D eigenvalue weighted by Gasteiger charge is -2.23. The van der Waals surface area contributed by atoms with E-state index < -0.39 is 0 Å². The highest BCUT2D eigenvalue weighted by Gasteiger charge is 2.23. The fourth-order valence-corrected chi connectivity index (χ4v) is 4.35. The molecule has 2 aliphatic carbocycles. The second-order valence-electron chi connectivity index (χ2n) is 8.52. The Kier molecular flexibility index (Phi) is 6.91. The van der Waals surface area contributed by atoms with Gasteiger partial charge in [-0.15, -0.1) is 0 Å². The molecule has 9 heteroatoms.